The molecule has 0 saturated heterocycles. The molecule has 1 amide bonds. The molecular formula is C18H14ClN3O3. The fourth-order valence-electron chi connectivity index (χ4n) is 2.07. The molecule has 0 aliphatic rings. The van der Waals surface area contributed by atoms with E-state index >= 15 is 0 Å². The van der Waals surface area contributed by atoms with E-state index in [4.69, 9.17) is 20.8 Å². The van der Waals surface area contributed by atoms with Crippen LogP contribution in [0, 0.1) is 0 Å². The first-order chi connectivity index (χ1) is 12.2. The molecule has 0 aliphatic heterocycles. The average molecular weight is 356 g/mol. The molecule has 1 aromatic heterocycles. The van der Waals surface area contributed by atoms with Crippen molar-refractivity contribution in [3.63, 3.8) is 0 Å². The van der Waals surface area contributed by atoms with Crippen LogP contribution < -0.4 is 10.1 Å². The minimum absolute atomic E-state index is 0.00614. The third-order valence-corrected chi connectivity index (χ3v) is 3.64. The molecule has 3 rings (SSSR count). The number of hydrogen-bond acceptors (Lipinski definition) is 5. The van der Waals surface area contributed by atoms with Gasteiger partial charge >= 0.3 is 6.01 Å². The van der Waals surface area contributed by atoms with E-state index in [0.29, 0.717) is 16.3 Å². The summed E-state index contributed by atoms with van der Waals surface area (Å²) in [5.41, 5.74) is 1.43. The molecule has 0 unspecified atom stereocenters. The Morgan fingerprint density at radius 2 is 2.04 bits per heavy atom. The highest BCUT2D eigenvalue weighted by Gasteiger charge is 2.10. The lowest BCUT2D eigenvalue weighted by Crippen LogP contribution is -2.07. The Balaban J connectivity index is 1.68. The number of halogens is 1. The summed E-state index contributed by atoms with van der Waals surface area (Å²) < 4.78 is 10.6. The monoisotopic (exact) mass is 355 g/mol. The summed E-state index contributed by atoms with van der Waals surface area (Å²) in [5, 5.41) is 10.8. The van der Waals surface area contributed by atoms with E-state index in [0.717, 1.165) is 5.56 Å². The Morgan fingerprint density at radius 3 is 2.84 bits per heavy atom. The second-order valence-electron chi connectivity index (χ2n) is 4.99. The molecule has 0 radical (unpaired) electrons. The first-order valence-corrected chi connectivity index (χ1v) is 7.75. The van der Waals surface area contributed by atoms with Gasteiger partial charge in [-0.25, -0.2) is 0 Å². The summed E-state index contributed by atoms with van der Waals surface area (Å²) in [5.74, 6) is 0.550. The van der Waals surface area contributed by atoms with E-state index < -0.39 is 5.91 Å². The van der Waals surface area contributed by atoms with E-state index in [1.54, 1.807) is 37.5 Å². The van der Waals surface area contributed by atoms with Gasteiger partial charge in [0.25, 0.3) is 5.91 Å². The minimum Gasteiger partial charge on any atom is -0.497 e. The van der Waals surface area contributed by atoms with Crippen molar-refractivity contribution in [3.05, 3.63) is 65.2 Å². The molecule has 7 heteroatoms. The van der Waals surface area contributed by atoms with Crippen LogP contribution in [0.4, 0.5) is 6.01 Å². The molecule has 0 atom stereocenters. The second-order valence-corrected chi connectivity index (χ2v) is 5.40. The van der Waals surface area contributed by atoms with Crippen LogP contribution in [-0.4, -0.2) is 23.2 Å². The third-order valence-electron chi connectivity index (χ3n) is 3.29. The maximum Gasteiger partial charge on any atom is 0.322 e. The van der Waals surface area contributed by atoms with Crippen molar-refractivity contribution in [1.29, 1.82) is 0 Å². The van der Waals surface area contributed by atoms with Crippen molar-refractivity contribution in [2.75, 3.05) is 12.4 Å². The first-order valence-electron chi connectivity index (χ1n) is 7.37. The van der Waals surface area contributed by atoms with Crippen molar-refractivity contribution in [1.82, 2.24) is 10.2 Å². The number of benzene rings is 2. The fraction of sp³-hybridized carbons (Fsp3) is 0.0556. The Morgan fingerprint density at radius 1 is 1.20 bits per heavy atom. The van der Waals surface area contributed by atoms with Gasteiger partial charge in [0.05, 0.1) is 7.11 Å². The summed E-state index contributed by atoms with van der Waals surface area (Å²) in [6.07, 6.45) is 2.95. The molecule has 0 bridgehead atoms. The first kappa shape index (κ1) is 16.7. The Kier molecular flexibility index (Phi) is 5.11. The van der Waals surface area contributed by atoms with Gasteiger partial charge in [-0.15, -0.1) is 5.10 Å². The number of aromatic nitrogens is 2. The minimum atomic E-state index is -0.402. The molecular weight excluding hydrogens is 342 g/mol. The SMILES string of the molecule is COc1cccc(-c2nnc(NC(=O)/C=C/c3ccccc3Cl)o2)c1. The number of nitrogens with zero attached hydrogens (tertiary/aromatic N) is 2. The number of rotatable bonds is 5. The Labute approximate surface area is 149 Å². The van der Waals surface area contributed by atoms with Gasteiger partial charge in [-0.3, -0.25) is 10.1 Å². The smallest absolute Gasteiger partial charge is 0.322 e. The van der Waals surface area contributed by atoms with Gasteiger partial charge in [0.1, 0.15) is 5.75 Å². The Hall–Kier alpha value is -3.12. The summed E-state index contributed by atoms with van der Waals surface area (Å²) in [6.45, 7) is 0. The summed E-state index contributed by atoms with van der Waals surface area (Å²) in [6, 6.07) is 14.4. The highest BCUT2D eigenvalue weighted by molar-refractivity contribution is 6.32. The van der Waals surface area contributed by atoms with Crippen molar-refractivity contribution < 1.29 is 13.9 Å². The number of carbonyl (C=O) groups excluding carboxylic acids is 1. The quantitative estimate of drug-likeness (QED) is 0.698. The number of carbonyl (C=O) groups is 1. The van der Waals surface area contributed by atoms with Gasteiger partial charge in [0, 0.05) is 16.7 Å². The maximum absolute atomic E-state index is 12.0. The molecule has 0 saturated carbocycles. The van der Waals surface area contributed by atoms with E-state index in [1.807, 2.05) is 24.3 Å². The van der Waals surface area contributed by atoms with Crippen LogP contribution >= 0.6 is 11.6 Å². The molecule has 25 heavy (non-hydrogen) atoms. The standard InChI is InChI=1S/C18H14ClN3O3/c1-24-14-7-4-6-13(11-14)17-21-22-18(25-17)20-16(23)10-9-12-5-2-3-8-15(12)19/h2-11H,1H3,(H,20,22,23)/b10-9+. The van der Waals surface area contributed by atoms with Crippen LogP contribution in [-0.2, 0) is 4.79 Å². The lowest BCUT2D eigenvalue weighted by Gasteiger charge is -2.00. The zero-order valence-corrected chi connectivity index (χ0v) is 14.0. The summed E-state index contributed by atoms with van der Waals surface area (Å²) in [7, 11) is 1.57. The fourth-order valence-corrected chi connectivity index (χ4v) is 2.27. The lowest BCUT2D eigenvalue weighted by molar-refractivity contribution is -0.112. The molecule has 0 spiro atoms. The van der Waals surface area contributed by atoms with Gasteiger partial charge in [-0.1, -0.05) is 41.0 Å². The third kappa shape index (κ3) is 4.24. The van der Waals surface area contributed by atoms with E-state index in [2.05, 4.69) is 15.5 Å². The number of nitrogens with one attached hydrogen (secondary N) is 1. The molecule has 6 nitrogen and oxygen atoms in total. The predicted octanol–water partition coefficient (Wildman–Crippen LogP) is 4.05. The van der Waals surface area contributed by atoms with Gasteiger partial charge in [-0.05, 0) is 35.9 Å². The molecule has 0 fully saturated rings. The van der Waals surface area contributed by atoms with Crippen LogP contribution in [0.5, 0.6) is 5.75 Å². The lowest BCUT2D eigenvalue weighted by atomic mass is 10.2. The average Bonchev–Trinajstić information content (AvgIpc) is 3.09. The zero-order valence-electron chi connectivity index (χ0n) is 13.3. The highest BCUT2D eigenvalue weighted by atomic mass is 35.5. The van der Waals surface area contributed by atoms with Crippen molar-refractivity contribution in [2.45, 2.75) is 0 Å². The molecule has 1 heterocycles. The number of methoxy groups -OCH3 is 1. The number of ether oxygens (including phenoxy) is 1. The molecule has 1 N–H and O–H groups in total. The highest BCUT2D eigenvalue weighted by Crippen LogP contribution is 2.23. The van der Waals surface area contributed by atoms with E-state index in [-0.39, 0.29) is 11.9 Å². The zero-order chi connectivity index (χ0) is 17.6. The predicted molar refractivity (Wildman–Crippen MR) is 95.4 cm³/mol. The topological polar surface area (TPSA) is 77.3 Å². The van der Waals surface area contributed by atoms with Crippen molar-refractivity contribution >= 4 is 29.6 Å². The number of anilines is 1. The summed E-state index contributed by atoms with van der Waals surface area (Å²) >= 11 is 6.03. The van der Waals surface area contributed by atoms with E-state index in [1.165, 1.54) is 6.08 Å². The largest absolute Gasteiger partial charge is 0.497 e. The van der Waals surface area contributed by atoms with Crippen LogP contribution in [0.2, 0.25) is 5.02 Å². The van der Waals surface area contributed by atoms with Crippen LogP contribution in [0.25, 0.3) is 17.5 Å². The maximum atomic E-state index is 12.0. The van der Waals surface area contributed by atoms with Crippen LogP contribution in [0.15, 0.2) is 59.0 Å². The number of amides is 1. The molecule has 126 valence electrons. The number of hydrogen-bond donors (Lipinski definition) is 1. The van der Waals surface area contributed by atoms with Gasteiger partial charge in [0.15, 0.2) is 0 Å². The van der Waals surface area contributed by atoms with Crippen LogP contribution in [0.3, 0.4) is 0 Å². The van der Waals surface area contributed by atoms with Crippen molar-refractivity contribution in [3.8, 4) is 17.2 Å². The van der Waals surface area contributed by atoms with Gasteiger partial charge in [0.2, 0.25) is 5.89 Å². The van der Waals surface area contributed by atoms with Crippen molar-refractivity contribution in [2.24, 2.45) is 0 Å². The van der Waals surface area contributed by atoms with E-state index in [9.17, 15) is 4.79 Å². The Bertz CT molecular complexity index is 921. The second kappa shape index (κ2) is 7.63. The van der Waals surface area contributed by atoms with Gasteiger partial charge in [-0.2, -0.15) is 0 Å². The van der Waals surface area contributed by atoms with Gasteiger partial charge < -0.3 is 9.15 Å². The normalized spacial score (nSPS) is 10.8. The summed E-state index contributed by atoms with van der Waals surface area (Å²) in [4.78, 5) is 12.0. The molecule has 2 aromatic carbocycles. The van der Waals surface area contributed by atoms with Crippen LogP contribution in [0.1, 0.15) is 5.56 Å². The molecule has 0 aliphatic carbocycles. The molecule has 3 aromatic rings.